The summed E-state index contributed by atoms with van der Waals surface area (Å²) in [5, 5.41) is 3.44. The third-order valence-electron chi connectivity index (χ3n) is 4.72. The number of anilines is 1. The van der Waals surface area contributed by atoms with Crippen LogP contribution in [0.5, 0.6) is 0 Å². The van der Waals surface area contributed by atoms with Gasteiger partial charge in [-0.1, -0.05) is 23.2 Å². The Morgan fingerprint density at radius 2 is 1.71 bits per heavy atom. The second-order valence-corrected chi connectivity index (χ2v) is 9.53. The van der Waals surface area contributed by atoms with E-state index in [1.807, 2.05) is 0 Å². The van der Waals surface area contributed by atoms with E-state index in [0.29, 0.717) is 29.3 Å². The molecule has 0 saturated carbocycles. The number of benzene rings is 2. The minimum absolute atomic E-state index is 0.0990. The lowest BCUT2D eigenvalue weighted by Crippen LogP contribution is -2.40. The quantitative estimate of drug-likeness (QED) is 0.571. The van der Waals surface area contributed by atoms with Crippen molar-refractivity contribution in [1.82, 2.24) is 4.31 Å². The van der Waals surface area contributed by atoms with E-state index >= 15 is 0 Å². The molecule has 0 spiro atoms. The standard InChI is InChI=1S/C20H16Cl2N2O6S/c21-13-9-12-10-16(20(26)30-18(12)17(22)11-13)19(25)23-14-1-3-15(4-2-14)31(27,28)24-5-7-29-8-6-24/h1-4,9-11H,5-8H2,(H,23,25). The smallest absolute Gasteiger partial charge is 0.349 e. The van der Waals surface area contributed by atoms with Crippen molar-refractivity contribution in [3.63, 3.8) is 0 Å². The van der Waals surface area contributed by atoms with Gasteiger partial charge in [-0.15, -0.1) is 0 Å². The normalized spacial score (nSPS) is 15.2. The van der Waals surface area contributed by atoms with Crippen LogP contribution in [0.25, 0.3) is 11.0 Å². The zero-order valence-electron chi connectivity index (χ0n) is 15.9. The average Bonchev–Trinajstić information content (AvgIpc) is 2.75. The number of nitrogens with one attached hydrogen (secondary N) is 1. The number of fused-ring (bicyclic) bond motifs is 1. The average molecular weight is 483 g/mol. The molecule has 1 saturated heterocycles. The van der Waals surface area contributed by atoms with E-state index in [2.05, 4.69) is 5.32 Å². The number of halogens is 2. The van der Waals surface area contributed by atoms with Gasteiger partial charge in [-0.3, -0.25) is 4.79 Å². The Kier molecular flexibility index (Phi) is 6.05. The third-order valence-corrected chi connectivity index (χ3v) is 7.13. The summed E-state index contributed by atoms with van der Waals surface area (Å²) in [5.74, 6) is -0.712. The summed E-state index contributed by atoms with van der Waals surface area (Å²) in [4.78, 5) is 24.9. The summed E-state index contributed by atoms with van der Waals surface area (Å²) < 4.78 is 37.0. The zero-order valence-corrected chi connectivity index (χ0v) is 18.3. The van der Waals surface area contributed by atoms with Crippen LogP contribution in [0.15, 0.2) is 56.6 Å². The fraction of sp³-hybridized carbons (Fsp3) is 0.200. The van der Waals surface area contributed by atoms with Gasteiger partial charge in [-0.05, 0) is 42.5 Å². The molecule has 8 nitrogen and oxygen atoms in total. The number of amides is 1. The van der Waals surface area contributed by atoms with E-state index in [-0.39, 0.29) is 34.2 Å². The van der Waals surface area contributed by atoms with Crippen molar-refractivity contribution in [1.29, 1.82) is 0 Å². The van der Waals surface area contributed by atoms with Crippen molar-refractivity contribution in [3.8, 4) is 0 Å². The molecular weight excluding hydrogens is 467 g/mol. The van der Waals surface area contributed by atoms with E-state index in [9.17, 15) is 18.0 Å². The summed E-state index contributed by atoms with van der Waals surface area (Å²) in [6.45, 7) is 1.26. The van der Waals surface area contributed by atoms with Crippen molar-refractivity contribution in [2.24, 2.45) is 0 Å². The van der Waals surface area contributed by atoms with Gasteiger partial charge in [0.05, 0.1) is 23.1 Å². The highest BCUT2D eigenvalue weighted by molar-refractivity contribution is 7.89. The largest absolute Gasteiger partial charge is 0.421 e. The number of carbonyl (C=O) groups is 1. The molecule has 0 radical (unpaired) electrons. The minimum atomic E-state index is -3.65. The first-order chi connectivity index (χ1) is 14.8. The van der Waals surface area contributed by atoms with Crippen LogP contribution in [-0.4, -0.2) is 44.9 Å². The SMILES string of the molecule is O=C(Nc1ccc(S(=O)(=O)N2CCOCC2)cc1)c1cc2cc(Cl)cc(Cl)c2oc1=O. The number of hydrogen-bond acceptors (Lipinski definition) is 6. The highest BCUT2D eigenvalue weighted by atomic mass is 35.5. The lowest BCUT2D eigenvalue weighted by Gasteiger charge is -2.26. The van der Waals surface area contributed by atoms with Crippen LogP contribution in [0, 0.1) is 0 Å². The van der Waals surface area contributed by atoms with E-state index < -0.39 is 21.6 Å². The number of sulfonamides is 1. The second kappa shape index (κ2) is 8.60. The van der Waals surface area contributed by atoms with Gasteiger partial charge in [-0.25, -0.2) is 13.2 Å². The Hall–Kier alpha value is -2.43. The molecule has 3 aromatic rings. The summed E-state index contributed by atoms with van der Waals surface area (Å²) in [6.07, 6.45) is 0. The maximum absolute atomic E-state index is 12.7. The van der Waals surface area contributed by atoms with E-state index in [1.54, 1.807) is 0 Å². The summed E-state index contributed by atoms with van der Waals surface area (Å²) in [7, 11) is -3.65. The fourth-order valence-corrected chi connectivity index (χ4v) is 5.12. The lowest BCUT2D eigenvalue weighted by atomic mass is 10.1. The minimum Gasteiger partial charge on any atom is -0.421 e. The molecule has 1 N–H and O–H groups in total. The summed E-state index contributed by atoms with van der Waals surface area (Å²) >= 11 is 12.0. The van der Waals surface area contributed by atoms with Gasteiger partial charge in [0.25, 0.3) is 5.91 Å². The first-order valence-corrected chi connectivity index (χ1v) is 11.4. The molecule has 1 aliphatic heterocycles. The van der Waals surface area contributed by atoms with Gasteiger partial charge in [0.1, 0.15) is 5.56 Å². The first-order valence-electron chi connectivity index (χ1n) is 9.18. The Morgan fingerprint density at radius 3 is 2.39 bits per heavy atom. The molecule has 1 aliphatic rings. The molecule has 2 heterocycles. The van der Waals surface area contributed by atoms with Crippen LogP contribution >= 0.6 is 23.2 Å². The molecule has 31 heavy (non-hydrogen) atoms. The fourth-order valence-electron chi connectivity index (χ4n) is 3.16. The van der Waals surface area contributed by atoms with Gasteiger partial charge >= 0.3 is 5.63 Å². The Labute approximate surface area is 187 Å². The number of carbonyl (C=O) groups excluding carboxylic acids is 1. The molecule has 1 fully saturated rings. The van der Waals surface area contributed by atoms with Crippen LogP contribution in [0.2, 0.25) is 10.0 Å². The van der Waals surface area contributed by atoms with Gasteiger partial charge in [0, 0.05) is 29.2 Å². The molecule has 0 bridgehead atoms. The molecule has 0 unspecified atom stereocenters. The Morgan fingerprint density at radius 1 is 1.03 bits per heavy atom. The Bertz CT molecular complexity index is 1320. The first kappa shape index (κ1) is 21.8. The summed E-state index contributed by atoms with van der Waals surface area (Å²) in [6, 6.07) is 9.97. The number of hydrogen-bond donors (Lipinski definition) is 1. The second-order valence-electron chi connectivity index (χ2n) is 6.75. The summed E-state index contributed by atoms with van der Waals surface area (Å²) in [5.41, 5.74) is -0.656. The Balaban J connectivity index is 1.56. The molecule has 1 aromatic heterocycles. The molecule has 2 aromatic carbocycles. The number of nitrogens with zero attached hydrogens (tertiary/aromatic N) is 1. The van der Waals surface area contributed by atoms with Crippen molar-refractivity contribution in [2.45, 2.75) is 4.90 Å². The van der Waals surface area contributed by atoms with E-state index in [0.717, 1.165) is 0 Å². The van der Waals surface area contributed by atoms with E-state index in [1.165, 1.54) is 46.8 Å². The molecule has 0 aliphatic carbocycles. The van der Waals surface area contributed by atoms with Crippen LogP contribution in [0.1, 0.15) is 10.4 Å². The number of ether oxygens (including phenoxy) is 1. The maximum atomic E-state index is 12.7. The predicted molar refractivity (Wildman–Crippen MR) is 116 cm³/mol. The van der Waals surface area contributed by atoms with Crippen molar-refractivity contribution in [2.75, 3.05) is 31.6 Å². The topological polar surface area (TPSA) is 106 Å². The molecule has 162 valence electrons. The van der Waals surface area contributed by atoms with Crippen molar-refractivity contribution in [3.05, 3.63) is 68.5 Å². The van der Waals surface area contributed by atoms with E-state index in [4.69, 9.17) is 32.4 Å². The van der Waals surface area contributed by atoms with Gasteiger partial charge in [0.15, 0.2) is 5.58 Å². The molecule has 1 amide bonds. The highest BCUT2D eigenvalue weighted by Crippen LogP contribution is 2.27. The van der Waals surface area contributed by atoms with Crippen LogP contribution < -0.4 is 10.9 Å². The van der Waals surface area contributed by atoms with Gasteiger partial charge in [-0.2, -0.15) is 4.31 Å². The monoisotopic (exact) mass is 482 g/mol. The van der Waals surface area contributed by atoms with Gasteiger partial charge in [0.2, 0.25) is 10.0 Å². The molecule has 4 rings (SSSR count). The number of morpholine rings is 1. The highest BCUT2D eigenvalue weighted by Gasteiger charge is 2.26. The molecule has 0 atom stereocenters. The van der Waals surface area contributed by atoms with Crippen LogP contribution in [0.4, 0.5) is 5.69 Å². The molecule has 11 heteroatoms. The molecular formula is C20H16Cl2N2O6S. The number of rotatable bonds is 4. The third kappa shape index (κ3) is 4.46. The van der Waals surface area contributed by atoms with Gasteiger partial charge < -0.3 is 14.5 Å². The zero-order chi connectivity index (χ0) is 22.2. The van der Waals surface area contributed by atoms with Crippen molar-refractivity contribution >= 4 is 55.8 Å². The predicted octanol–water partition coefficient (Wildman–Crippen LogP) is 3.37. The van der Waals surface area contributed by atoms with Crippen LogP contribution in [-0.2, 0) is 14.8 Å². The van der Waals surface area contributed by atoms with Crippen LogP contribution in [0.3, 0.4) is 0 Å². The maximum Gasteiger partial charge on any atom is 0.349 e. The van der Waals surface area contributed by atoms with Crippen molar-refractivity contribution < 1.29 is 22.4 Å². The lowest BCUT2D eigenvalue weighted by molar-refractivity contribution is 0.0730.